The summed E-state index contributed by atoms with van der Waals surface area (Å²) < 4.78 is 72.3. The summed E-state index contributed by atoms with van der Waals surface area (Å²) in [5, 5.41) is 0. The van der Waals surface area contributed by atoms with Crippen molar-refractivity contribution in [2.75, 3.05) is 46.2 Å². The Balaban J connectivity index is 2.18. The molecule has 8 heteroatoms. The average Bonchev–Trinajstić information content (AvgIpc) is 2.50. The van der Waals surface area contributed by atoms with Crippen molar-refractivity contribution in [1.29, 1.82) is 0 Å². The van der Waals surface area contributed by atoms with Gasteiger partial charge in [0.25, 0.3) is 0 Å². The molecule has 0 unspecified atom stereocenters. The summed E-state index contributed by atoms with van der Waals surface area (Å²) in [5.41, 5.74) is 0. The number of hydrogen-bond donors (Lipinski definition) is 0. The molecule has 0 fully saturated rings. The third-order valence-electron chi connectivity index (χ3n) is 2.49. The lowest BCUT2D eigenvalue weighted by molar-refractivity contribution is 0.0109. The first kappa shape index (κ1) is 18.7. The van der Waals surface area contributed by atoms with Gasteiger partial charge in [-0.3, -0.25) is 0 Å². The summed E-state index contributed by atoms with van der Waals surface area (Å²) in [5.74, 6) is -7.26. The van der Waals surface area contributed by atoms with Crippen molar-refractivity contribution in [1.82, 2.24) is 0 Å². The fourth-order valence-corrected chi connectivity index (χ4v) is 1.46. The van der Waals surface area contributed by atoms with E-state index in [1.54, 1.807) is 0 Å². The molecule has 0 aliphatic rings. The summed E-state index contributed by atoms with van der Waals surface area (Å²) >= 11 is 0. The monoisotopic (exact) mass is 326 g/mol. The van der Waals surface area contributed by atoms with Crippen molar-refractivity contribution in [3.8, 4) is 5.75 Å². The van der Waals surface area contributed by atoms with Crippen molar-refractivity contribution in [3.05, 3.63) is 29.3 Å². The first-order chi connectivity index (χ1) is 10.6. The molecule has 1 aromatic carbocycles. The highest BCUT2D eigenvalue weighted by molar-refractivity contribution is 5.28. The molecule has 4 nitrogen and oxygen atoms in total. The number of hydrogen-bond acceptors (Lipinski definition) is 4. The van der Waals surface area contributed by atoms with E-state index in [0.29, 0.717) is 26.4 Å². The molecular formula is C14H18F4O4. The third kappa shape index (κ3) is 6.17. The Bertz CT molecular complexity index is 431. The van der Waals surface area contributed by atoms with Crippen LogP contribution in [0.1, 0.15) is 6.92 Å². The lowest BCUT2D eigenvalue weighted by Gasteiger charge is -2.10. The molecule has 0 N–H and O–H groups in total. The molecule has 0 amide bonds. The Morgan fingerprint density at radius 1 is 0.727 bits per heavy atom. The average molecular weight is 326 g/mol. The minimum atomic E-state index is -1.57. The molecule has 0 saturated heterocycles. The molecule has 22 heavy (non-hydrogen) atoms. The van der Waals surface area contributed by atoms with E-state index in [2.05, 4.69) is 4.74 Å². The van der Waals surface area contributed by atoms with Gasteiger partial charge in [-0.15, -0.1) is 0 Å². The van der Waals surface area contributed by atoms with E-state index >= 15 is 0 Å². The van der Waals surface area contributed by atoms with Crippen molar-refractivity contribution >= 4 is 0 Å². The van der Waals surface area contributed by atoms with Gasteiger partial charge in [-0.1, -0.05) is 0 Å². The van der Waals surface area contributed by atoms with Gasteiger partial charge >= 0.3 is 0 Å². The predicted octanol–water partition coefficient (Wildman–Crippen LogP) is 2.69. The summed E-state index contributed by atoms with van der Waals surface area (Å²) in [6, 6.07) is 0.119. The lowest BCUT2D eigenvalue weighted by Crippen LogP contribution is -2.14. The van der Waals surface area contributed by atoms with Gasteiger partial charge < -0.3 is 18.9 Å². The van der Waals surface area contributed by atoms with E-state index in [9.17, 15) is 17.6 Å². The van der Waals surface area contributed by atoms with Gasteiger partial charge in [-0.2, -0.15) is 8.78 Å². The maximum Gasteiger partial charge on any atom is 0.203 e. The quantitative estimate of drug-likeness (QED) is 0.356. The molecule has 0 saturated carbocycles. The second kappa shape index (κ2) is 10.4. The zero-order chi connectivity index (χ0) is 16.4. The van der Waals surface area contributed by atoms with Crippen LogP contribution in [-0.2, 0) is 14.2 Å². The van der Waals surface area contributed by atoms with E-state index in [4.69, 9.17) is 14.2 Å². The van der Waals surface area contributed by atoms with Gasteiger partial charge in [0.1, 0.15) is 6.61 Å². The molecule has 126 valence electrons. The van der Waals surface area contributed by atoms with E-state index < -0.39 is 29.0 Å². The zero-order valence-corrected chi connectivity index (χ0v) is 12.2. The van der Waals surface area contributed by atoms with E-state index in [0.717, 1.165) is 0 Å². The smallest absolute Gasteiger partial charge is 0.203 e. The van der Waals surface area contributed by atoms with Gasteiger partial charge in [0.15, 0.2) is 17.4 Å². The number of halogens is 4. The van der Waals surface area contributed by atoms with Crippen LogP contribution in [0.2, 0.25) is 0 Å². The second-order valence-electron chi connectivity index (χ2n) is 4.07. The Labute approximate surface area is 125 Å². The standard InChI is InChI=1S/C14H18F4O4/c1-2-19-3-4-20-5-6-21-7-8-22-14-12(17)10(15)9-11(16)13(14)18/h9H,2-8H2,1H3. The highest BCUT2D eigenvalue weighted by atomic mass is 19.2. The molecule has 0 aromatic heterocycles. The summed E-state index contributed by atoms with van der Waals surface area (Å²) in [7, 11) is 0. The molecule has 0 heterocycles. The van der Waals surface area contributed by atoms with Crippen LogP contribution in [0.15, 0.2) is 6.07 Å². The first-order valence-corrected chi connectivity index (χ1v) is 6.77. The summed E-state index contributed by atoms with van der Waals surface area (Å²) in [6.45, 7) is 3.73. The molecule has 0 radical (unpaired) electrons. The molecule has 0 aliphatic carbocycles. The predicted molar refractivity (Wildman–Crippen MR) is 69.9 cm³/mol. The van der Waals surface area contributed by atoms with Crippen LogP contribution in [-0.4, -0.2) is 46.2 Å². The summed E-state index contributed by atoms with van der Waals surface area (Å²) in [4.78, 5) is 0. The fraction of sp³-hybridized carbons (Fsp3) is 0.571. The van der Waals surface area contributed by atoms with Gasteiger partial charge in [0, 0.05) is 12.7 Å². The van der Waals surface area contributed by atoms with Crippen molar-refractivity contribution in [2.45, 2.75) is 6.92 Å². The number of rotatable bonds is 11. The maximum atomic E-state index is 13.2. The van der Waals surface area contributed by atoms with Crippen LogP contribution < -0.4 is 4.74 Å². The molecular weight excluding hydrogens is 308 g/mol. The molecule has 1 rings (SSSR count). The number of ether oxygens (including phenoxy) is 4. The topological polar surface area (TPSA) is 36.9 Å². The van der Waals surface area contributed by atoms with Gasteiger partial charge in [-0.25, -0.2) is 8.78 Å². The van der Waals surface area contributed by atoms with E-state index in [1.165, 1.54) is 0 Å². The van der Waals surface area contributed by atoms with E-state index in [-0.39, 0.29) is 25.9 Å². The Kier molecular flexibility index (Phi) is 8.79. The number of benzene rings is 1. The van der Waals surface area contributed by atoms with Crippen LogP contribution in [0.4, 0.5) is 17.6 Å². The fourth-order valence-electron chi connectivity index (χ4n) is 1.46. The highest BCUT2D eigenvalue weighted by Crippen LogP contribution is 2.26. The van der Waals surface area contributed by atoms with Crippen LogP contribution in [0, 0.1) is 23.3 Å². The van der Waals surface area contributed by atoms with Crippen LogP contribution in [0.3, 0.4) is 0 Å². The lowest BCUT2D eigenvalue weighted by atomic mass is 10.3. The van der Waals surface area contributed by atoms with Crippen molar-refractivity contribution < 1.29 is 36.5 Å². The van der Waals surface area contributed by atoms with Gasteiger partial charge in [-0.05, 0) is 6.92 Å². The molecule has 0 bridgehead atoms. The Hall–Kier alpha value is -1.38. The van der Waals surface area contributed by atoms with Crippen LogP contribution in [0.25, 0.3) is 0 Å². The van der Waals surface area contributed by atoms with Gasteiger partial charge in [0.05, 0.1) is 33.0 Å². The normalized spacial score (nSPS) is 11.0. The minimum absolute atomic E-state index is 0.00810. The van der Waals surface area contributed by atoms with Gasteiger partial charge in [0.2, 0.25) is 11.6 Å². The summed E-state index contributed by atoms with van der Waals surface area (Å²) in [6.07, 6.45) is 0. The van der Waals surface area contributed by atoms with Crippen LogP contribution >= 0.6 is 0 Å². The Morgan fingerprint density at radius 3 is 1.68 bits per heavy atom. The maximum absolute atomic E-state index is 13.2. The van der Waals surface area contributed by atoms with E-state index in [1.807, 2.05) is 6.92 Å². The molecule has 0 aliphatic heterocycles. The molecule has 0 atom stereocenters. The SMILES string of the molecule is CCOCCOCCOCCOc1c(F)c(F)cc(F)c1F. The largest absolute Gasteiger partial charge is 0.485 e. The Morgan fingerprint density at radius 2 is 1.18 bits per heavy atom. The second-order valence-corrected chi connectivity index (χ2v) is 4.07. The third-order valence-corrected chi connectivity index (χ3v) is 2.49. The van der Waals surface area contributed by atoms with Crippen LogP contribution in [0.5, 0.6) is 5.75 Å². The zero-order valence-electron chi connectivity index (χ0n) is 12.2. The van der Waals surface area contributed by atoms with Crippen molar-refractivity contribution in [2.24, 2.45) is 0 Å². The molecule has 0 spiro atoms. The highest BCUT2D eigenvalue weighted by Gasteiger charge is 2.20. The molecule has 1 aromatic rings. The first-order valence-electron chi connectivity index (χ1n) is 6.77. The van der Waals surface area contributed by atoms with Crippen molar-refractivity contribution in [3.63, 3.8) is 0 Å². The minimum Gasteiger partial charge on any atom is -0.485 e.